The monoisotopic (exact) mass is 306 g/mol. The van der Waals surface area contributed by atoms with Crippen LogP contribution in [0.5, 0.6) is 5.75 Å². The zero-order valence-corrected chi connectivity index (χ0v) is 13.4. The van der Waals surface area contributed by atoms with Gasteiger partial charge in [-0.25, -0.2) is 4.39 Å². The smallest absolute Gasteiger partial charge is 0.131 e. The third-order valence-electron chi connectivity index (χ3n) is 5.30. The van der Waals surface area contributed by atoms with Gasteiger partial charge in [0.25, 0.3) is 0 Å². The van der Waals surface area contributed by atoms with Gasteiger partial charge >= 0.3 is 0 Å². The Morgan fingerprint density at radius 3 is 2.55 bits per heavy atom. The Kier molecular flexibility index (Phi) is 4.99. The molecule has 1 heterocycles. The van der Waals surface area contributed by atoms with E-state index in [1.807, 2.05) is 6.92 Å². The number of hydrogen-bond acceptors (Lipinski definition) is 3. The van der Waals surface area contributed by atoms with Gasteiger partial charge in [-0.15, -0.1) is 0 Å². The van der Waals surface area contributed by atoms with Crippen molar-refractivity contribution in [1.29, 1.82) is 0 Å². The average molecular weight is 306 g/mol. The molecule has 1 aliphatic carbocycles. The average Bonchev–Trinajstić information content (AvgIpc) is 2.57. The molecule has 3 nitrogen and oxygen atoms in total. The second kappa shape index (κ2) is 6.97. The van der Waals surface area contributed by atoms with Crippen LogP contribution in [-0.2, 0) is 0 Å². The van der Waals surface area contributed by atoms with E-state index in [2.05, 4.69) is 10.2 Å². The van der Waals surface area contributed by atoms with Crippen LogP contribution >= 0.6 is 0 Å². The zero-order chi connectivity index (χ0) is 15.5. The number of nitrogens with zero attached hydrogens (tertiary/aromatic N) is 1. The van der Waals surface area contributed by atoms with Gasteiger partial charge in [0.1, 0.15) is 11.6 Å². The molecule has 0 bridgehead atoms. The topological polar surface area (TPSA) is 35.5 Å². The lowest BCUT2D eigenvalue weighted by Crippen LogP contribution is -2.47. The minimum atomic E-state index is -0.253. The molecule has 2 fully saturated rings. The highest BCUT2D eigenvalue weighted by Crippen LogP contribution is 2.43. The van der Waals surface area contributed by atoms with Gasteiger partial charge in [0.15, 0.2) is 0 Å². The van der Waals surface area contributed by atoms with E-state index in [0.29, 0.717) is 11.5 Å². The van der Waals surface area contributed by atoms with Gasteiger partial charge in [-0.1, -0.05) is 25.3 Å². The van der Waals surface area contributed by atoms with E-state index in [1.165, 1.54) is 25.3 Å². The van der Waals surface area contributed by atoms with E-state index in [-0.39, 0.29) is 17.6 Å². The predicted octanol–water partition coefficient (Wildman–Crippen LogP) is 3.37. The minimum Gasteiger partial charge on any atom is -0.507 e. The van der Waals surface area contributed by atoms with Crippen LogP contribution in [-0.4, -0.2) is 36.2 Å². The van der Waals surface area contributed by atoms with Gasteiger partial charge in [-0.05, 0) is 37.3 Å². The molecule has 4 heteroatoms. The molecule has 1 aliphatic heterocycles. The summed E-state index contributed by atoms with van der Waals surface area (Å²) < 4.78 is 14.6. The Balaban J connectivity index is 1.98. The molecular formula is C18H27FN2O. The number of aromatic hydroxyl groups is 1. The van der Waals surface area contributed by atoms with Crippen LogP contribution in [0.15, 0.2) is 12.1 Å². The van der Waals surface area contributed by atoms with Crippen LogP contribution < -0.4 is 5.32 Å². The van der Waals surface area contributed by atoms with Gasteiger partial charge in [0.05, 0.1) is 0 Å². The summed E-state index contributed by atoms with van der Waals surface area (Å²) in [5.41, 5.74) is 1.31. The third kappa shape index (κ3) is 3.13. The van der Waals surface area contributed by atoms with E-state index >= 15 is 0 Å². The number of phenolic OH excluding ortho intramolecular Hbond substituents is 1. The molecule has 1 atom stereocenters. The first-order valence-corrected chi connectivity index (χ1v) is 8.61. The predicted molar refractivity (Wildman–Crippen MR) is 86.6 cm³/mol. The first-order valence-electron chi connectivity index (χ1n) is 8.61. The summed E-state index contributed by atoms with van der Waals surface area (Å²) in [6, 6.07) is 3.20. The van der Waals surface area contributed by atoms with Gasteiger partial charge in [0, 0.05) is 37.8 Å². The number of rotatable bonds is 3. The lowest BCUT2D eigenvalue weighted by molar-refractivity contribution is 0.0983. The van der Waals surface area contributed by atoms with Crippen molar-refractivity contribution < 1.29 is 9.50 Å². The second-order valence-corrected chi connectivity index (χ2v) is 6.76. The molecule has 0 aromatic heterocycles. The fraction of sp³-hybridized carbons (Fsp3) is 0.667. The van der Waals surface area contributed by atoms with Crippen molar-refractivity contribution in [2.75, 3.05) is 26.2 Å². The number of piperazine rings is 1. The summed E-state index contributed by atoms with van der Waals surface area (Å²) in [5, 5.41) is 13.9. The van der Waals surface area contributed by atoms with Gasteiger partial charge in [-0.3, -0.25) is 4.90 Å². The van der Waals surface area contributed by atoms with Crippen molar-refractivity contribution >= 4 is 0 Å². The van der Waals surface area contributed by atoms with Crippen LogP contribution in [0.25, 0.3) is 0 Å². The fourth-order valence-corrected chi connectivity index (χ4v) is 4.10. The maximum Gasteiger partial charge on any atom is 0.131 e. The highest BCUT2D eigenvalue weighted by molar-refractivity contribution is 5.43. The van der Waals surface area contributed by atoms with E-state index in [0.717, 1.165) is 44.6 Å². The largest absolute Gasteiger partial charge is 0.507 e. The van der Waals surface area contributed by atoms with Crippen molar-refractivity contribution in [1.82, 2.24) is 10.2 Å². The molecule has 122 valence electrons. The normalized spacial score (nSPS) is 22.6. The molecule has 1 saturated heterocycles. The summed E-state index contributed by atoms with van der Waals surface area (Å²) in [4.78, 5) is 2.38. The minimum absolute atomic E-state index is 0.0160. The molecule has 2 aliphatic rings. The van der Waals surface area contributed by atoms with Gasteiger partial charge in [0.2, 0.25) is 0 Å². The Bertz CT molecular complexity index is 490. The number of halogens is 1. The fourth-order valence-electron chi connectivity index (χ4n) is 4.10. The molecule has 1 saturated carbocycles. The molecule has 1 aromatic rings. The van der Waals surface area contributed by atoms with Crippen LogP contribution in [0.4, 0.5) is 4.39 Å². The highest BCUT2D eigenvalue weighted by Gasteiger charge is 2.34. The lowest BCUT2D eigenvalue weighted by Gasteiger charge is -2.41. The van der Waals surface area contributed by atoms with Crippen LogP contribution in [0.1, 0.15) is 49.3 Å². The Labute approximate surface area is 132 Å². The van der Waals surface area contributed by atoms with Crippen LogP contribution in [0, 0.1) is 18.7 Å². The first kappa shape index (κ1) is 15.8. The quantitative estimate of drug-likeness (QED) is 0.899. The van der Waals surface area contributed by atoms with Crippen molar-refractivity contribution in [3.63, 3.8) is 0 Å². The Morgan fingerprint density at radius 2 is 1.86 bits per heavy atom. The SMILES string of the molecule is Cc1ccc(F)c([C@H](C2CCCCC2)N2CCNCC2)c1O. The lowest BCUT2D eigenvalue weighted by atomic mass is 9.79. The Morgan fingerprint density at radius 1 is 1.18 bits per heavy atom. The van der Waals surface area contributed by atoms with Gasteiger partial charge < -0.3 is 10.4 Å². The van der Waals surface area contributed by atoms with E-state index in [1.54, 1.807) is 6.07 Å². The van der Waals surface area contributed by atoms with Crippen molar-refractivity contribution in [3.8, 4) is 5.75 Å². The standard InChI is InChI=1S/C18H27FN2O/c1-13-7-8-15(19)16(18(13)22)17(14-5-3-2-4-6-14)21-11-9-20-10-12-21/h7-8,14,17,20,22H,2-6,9-12H2,1H3/t17-/m0/s1. The Hall–Kier alpha value is -1.13. The van der Waals surface area contributed by atoms with Crippen molar-refractivity contribution in [2.45, 2.75) is 45.1 Å². The van der Waals surface area contributed by atoms with Gasteiger partial charge in [-0.2, -0.15) is 0 Å². The second-order valence-electron chi connectivity index (χ2n) is 6.76. The summed E-state index contributed by atoms with van der Waals surface area (Å²) in [7, 11) is 0. The van der Waals surface area contributed by atoms with Crippen molar-refractivity contribution in [3.05, 3.63) is 29.1 Å². The highest BCUT2D eigenvalue weighted by atomic mass is 19.1. The van der Waals surface area contributed by atoms with Crippen LogP contribution in [0.3, 0.4) is 0 Å². The summed E-state index contributed by atoms with van der Waals surface area (Å²) in [5.74, 6) is 0.361. The number of aryl methyl sites for hydroxylation is 1. The molecule has 2 N–H and O–H groups in total. The summed E-state index contributed by atoms with van der Waals surface area (Å²) >= 11 is 0. The molecule has 0 spiro atoms. The molecule has 0 amide bonds. The number of benzene rings is 1. The summed E-state index contributed by atoms with van der Waals surface area (Å²) in [6.07, 6.45) is 6.01. The molecule has 22 heavy (non-hydrogen) atoms. The van der Waals surface area contributed by atoms with E-state index < -0.39 is 0 Å². The van der Waals surface area contributed by atoms with E-state index in [9.17, 15) is 9.50 Å². The number of phenols is 1. The molecule has 3 rings (SSSR count). The molecule has 1 aromatic carbocycles. The maximum atomic E-state index is 14.6. The maximum absolute atomic E-state index is 14.6. The number of nitrogens with one attached hydrogen (secondary N) is 1. The van der Waals surface area contributed by atoms with Crippen molar-refractivity contribution in [2.24, 2.45) is 5.92 Å². The van der Waals surface area contributed by atoms with Crippen LogP contribution in [0.2, 0.25) is 0 Å². The summed E-state index contributed by atoms with van der Waals surface area (Å²) in [6.45, 7) is 5.59. The third-order valence-corrected chi connectivity index (χ3v) is 5.30. The number of hydrogen-bond donors (Lipinski definition) is 2. The zero-order valence-electron chi connectivity index (χ0n) is 13.4. The first-order chi connectivity index (χ1) is 10.7. The molecular weight excluding hydrogens is 279 g/mol. The van der Waals surface area contributed by atoms with E-state index in [4.69, 9.17) is 0 Å². The molecule has 0 unspecified atom stereocenters. The molecule has 0 radical (unpaired) electrons.